The van der Waals surface area contributed by atoms with E-state index in [1.54, 1.807) is 0 Å². The van der Waals surface area contributed by atoms with Gasteiger partial charge in [0.2, 0.25) is 5.91 Å². The highest BCUT2D eigenvalue weighted by Gasteiger charge is 2.15. The van der Waals surface area contributed by atoms with E-state index in [0.29, 0.717) is 6.04 Å². The van der Waals surface area contributed by atoms with Crippen molar-refractivity contribution >= 4 is 11.6 Å². The number of hydrogen-bond acceptors (Lipinski definition) is 2. The zero-order valence-corrected chi connectivity index (χ0v) is 8.92. The molecular formula is C12H16N2O. The fourth-order valence-corrected chi connectivity index (χ4v) is 2.01. The smallest absolute Gasteiger partial charge is 0.221 e. The summed E-state index contributed by atoms with van der Waals surface area (Å²) in [7, 11) is 0. The molecule has 3 nitrogen and oxygen atoms in total. The van der Waals surface area contributed by atoms with Crippen molar-refractivity contribution in [1.29, 1.82) is 0 Å². The van der Waals surface area contributed by atoms with Gasteiger partial charge >= 0.3 is 0 Å². The number of benzene rings is 1. The molecule has 0 radical (unpaired) electrons. The van der Waals surface area contributed by atoms with E-state index in [2.05, 4.69) is 16.7 Å². The van der Waals surface area contributed by atoms with Crippen LogP contribution in [0.2, 0.25) is 0 Å². The van der Waals surface area contributed by atoms with Crippen LogP contribution in [-0.4, -0.2) is 12.5 Å². The Bertz CT molecular complexity index is 356. The van der Waals surface area contributed by atoms with Gasteiger partial charge in [-0.1, -0.05) is 12.1 Å². The highest BCUT2D eigenvalue weighted by atomic mass is 16.1. The van der Waals surface area contributed by atoms with Crippen LogP contribution in [0.5, 0.6) is 0 Å². The normalized spacial score (nSPS) is 20.2. The Morgan fingerprint density at radius 3 is 3.07 bits per heavy atom. The van der Waals surface area contributed by atoms with Crippen molar-refractivity contribution in [2.24, 2.45) is 0 Å². The largest absolute Gasteiger partial charge is 0.326 e. The Labute approximate surface area is 89.9 Å². The molecule has 0 aliphatic carbocycles. The molecule has 1 saturated heterocycles. The molecule has 1 amide bonds. The second kappa shape index (κ2) is 4.45. The molecular weight excluding hydrogens is 188 g/mol. The van der Waals surface area contributed by atoms with E-state index in [1.807, 2.05) is 18.2 Å². The second-order valence-corrected chi connectivity index (χ2v) is 3.96. The van der Waals surface area contributed by atoms with Gasteiger partial charge in [-0.25, -0.2) is 0 Å². The molecule has 0 aromatic heterocycles. The number of amides is 1. The average Bonchev–Trinajstić information content (AvgIpc) is 2.69. The van der Waals surface area contributed by atoms with Crippen molar-refractivity contribution < 1.29 is 4.79 Å². The summed E-state index contributed by atoms with van der Waals surface area (Å²) in [5, 5.41) is 6.24. The summed E-state index contributed by atoms with van der Waals surface area (Å²) >= 11 is 0. The van der Waals surface area contributed by atoms with Crippen LogP contribution in [0.25, 0.3) is 0 Å². The zero-order valence-electron chi connectivity index (χ0n) is 8.92. The summed E-state index contributed by atoms with van der Waals surface area (Å²) in [5.74, 6) is -0.0217. The quantitative estimate of drug-likeness (QED) is 0.774. The molecule has 15 heavy (non-hydrogen) atoms. The highest BCUT2D eigenvalue weighted by molar-refractivity contribution is 5.88. The number of anilines is 1. The summed E-state index contributed by atoms with van der Waals surface area (Å²) in [6.07, 6.45) is 2.42. The van der Waals surface area contributed by atoms with E-state index in [9.17, 15) is 4.79 Å². The minimum Gasteiger partial charge on any atom is -0.326 e. The molecule has 0 bridgehead atoms. The molecule has 1 aromatic carbocycles. The summed E-state index contributed by atoms with van der Waals surface area (Å²) in [5.41, 5.74) is 2.15. The van der Waals surface area contributed by atoms with Crippen molar-refractivity contribution in [3.05, 3.63) is 29.8 Å². The molecule has 1 aromatic rings. The maximum atomic E-state index is 10.9. The van der Waals surface area contributed by atoms with Crippen LogP contribution in [0.3, 0.4) is 0 Å². The van der Waals surface area contributed by atoms with Crippen LogP contribution in [0.15, 0.2) is 24.3 Å². The standard InChI is InChI=1S/C12H16N2O/c1-9(15)14-11-5-2-4-10(8-11)12-6-3-7-13-12/h2,4-5,8,12-13H,3,6-7H2,1H3,(H,14,15). The first-order valence-electron chi connectivity index (χ1n) is 5.36. The first-order valence-corrected chi connectivity index (χ1v) is 5.36. The minimum absolute atomic E-state index is 0.0217. The molecule has 0 saturated carbocycles. The number of carbonyl (C=O) groups excluding carboxylic acids is 1. The molecule has 1 fully saturated rings. The molecule has 1 aliphatic heterocycles. The summed E-state index contributed by atoms with van der Waals surface area (Å²) in [6.45, 7) is 2.62. The van der Waals surface area contributed by atoms with Crippen molar-refractivity contribution in [3.63, 3.8) is 0 Å². The minimum atomic E-state index is -0.0217. The van der Waals surface area contributed by atoms with Crippen LogP contribution in [-0.2, 0) is 4.79 Å². The molecule has 80 valence electrons. The zero-order chi connectivity index (χ0) is 10.7. The maximum absolute atomic E-state index is 10.9. The Kier molecular flexibility index (Phi) is 3.02. The lowest BCUT2D eigenvalue weighted by Crippen LogP contribution is -2.13. The van der Waals surface area contributed by atoms with Gasteiger partial charge in [0, 0.05) is 18.7 Å². The SMILES string of the molecule is CC(=O)Nc1cccc(C2CCCN2)c1. The first kappa shape index (κ1) is 10.2. The van der Waals surface area contributed by atoms with Gasteiger partial charge in [-0.05, 0) is 37.1 Å². The van der Waals surface area contributed by atoms with Gasteiger partial charge < -0.3 is 10.6 Å². The van der Waals surface area contributed by atoms with E-state index < -0.39 is 0 Å². The van der Waals surface area contributed by atoms with E-state index in [-0.39, 0.29) is 5.91 Å². The third-order valence-corrected chi connectivity index (χ3v) is 2.67. The molecule has 0 spiro atoms. The Morgan fingerprint density at radius 1 is 1.53 bits per heavy atom. The molecule has 1 heterocycles. The molecule has 3 heteroatoms. The summed E-state index contributed by atoms with van der Waals surface area (Å²) in [6, 6.07) is 8.51. The Morgan fingerprint density at radius 2 is 2.40 bits per heavy atom. The lowest BCUT2D eigenvalue weighted by atomic mass is 10.0. The monoisotopic (exact) mass is 204 g/mol. The highest BCUT2D eigenvalue weighted by Crippen LogP contribution is 2.24. The van der Waals surface area contributed by atoms with Crippen molar-refractivity contribution in [3.8, 4) is 0 Å². The van der Waals surface area contributed by atoms with Gasteiger partial charge in [-0.2, -0.15) is 0 Å². The molecule has 1 unspecified atom stereocenters. The molecule has 2 N–H and O–H groups in total. The first-order chi connectivity index (χ1) is 7.25. The van der Waals surface area contributed by atoms with Gasteiger partial charge in [0.05, 0.1) is 0 Å². The van der Waals surface area contributed by atoms with Crippen molar-refractivity contribution in [2.75, 3.05) is 11.9 Å². The predicted octanol–water partition coefficient (Wildman–Crippen LogP) is 2.07. The van der Waals surface area contributed by atoms with Gasteiger partial charge in [0.15, 0.2) is 0 Å². The second-order valence-electron chi connectivity index (χ2n) is 3.96. The van der Waals surface area contributed by atoms with Crippen molar-refractivity contribution in [2.45, 2.75) is 25.8 Å². The Balaban J connectivity index is 2.14. The third kappa shape index (κ3) is 2.57. The van der Waals surface area contributed by atoms with Crippen LogP contribution in [0.1, 0.15) is 31.4 Å². The fourth-order valence-electron chi connectivity index (χ4n) is 2.01. The van der Waals surface area contributed by atoms with Gasteiger partial charge in [0.1, 0.15) is 0 Å². The predicted molar refractivity (Wildman–Crippen MR) is 60.7 cm³/mol. The van der Waals surface area contributed by atoms with Gasteiger partial charge in [0.25, 0.3) is 0 Å². The number of nitrogens with one attached hydrogen (secondary N) is 2. The summed E-state index contributed by atoms with van der Waals surface area (Å²) < 4.78 is 0. The topological polar surface area (TPSA) is 41.1 Å². The number of carbonyl (C=O) groups is 1. The number of hydrogen-bond donors (Lipinski definition) is 2. The third-order valence-electron chi connectivity index (χ3n) is 2.67. The maximum Gasteiger partial charge on any atom is 0.221 e. The lowest BCUT2D eigenvalue weighted by Gasteiger charge is -2.12. The van der Waals surface area contributed by atoms with Crippen LogP contribution in [0.4, 0.5) is 5.69 Å². The molecule has 2 rings (SSSR count). The van der Waals surface area contributed by atoms with Gasteiger partial charge in [-0.15, -0.1) is 0 Å². The van der Waals surface area contributed by atoms with E-state index in [1.165, 1.54) is 25.3 Å². The van der Waals surface area contributed by atoms with Gasteiger partial charge in [-0.3, -0.25) is 4.79 Å². The number of rotatable bonds is 2. The van der Waals surface area contributed by atoms with Crippen molar-refractivity contribution in [1.82, 2.24) is 5.32 Å². The van der Waals surface area contributed by atoms with E-state index >= 15 is 0 Å². The summed E-state index contributed by atoms with van der Waals surface area (Å²) in [4.78, 5) is 10.9. The van der Waals surface area contributed by atoms with Crippen LogP contribution >= 0.6 is 0 Å². The Hall–Kier alpha value is -1.35. The van der Waals surface area contributed by atoms with Crippen LogP contribution in [0, 0.1) is 0 Å². The van der Waals surface area contributed by atoms with E-state index in [0.717, 1.165) is 12.2 Å². The lowest BCUT2D eigenvalue weighted by molar-refractivity contribution is -0.114. The van der Waals surface area contributed by atoms with E-state index in [4.69, 9.17) is 0 Å². The molecule has 1 aliphatic rings. The van der Waals surface area contributed by atoms with Crippen LogP contribution < -0.4 is 10.6 Å². The molecule has 1 atom stereocenters. The average molecular weight is 204 g/mol. The fraction of sp³-hybridized carbons (Fsp3) is 0.417.